The minimum atomic E-state index is -0.355. The SMILES string of the molecule is COc1ccc(Nc2n[nH]nc2C(=O)Nc2ccc(Br)c(C)c2)cc1. The van der Waals surface area contributed by atoms with Crippen LogP contribution in [0.5, 0.6) is 5.75 Å². The van der Waals surface area contributed by atoms with E-state index in [0.29, 0.717) is 11.5 Å². The van der Waals surface area contributed by atoms with E-state index in [1.165, 1.54) is 0 Å². The molecule has 25 heavy (non-hydrogen) atoms. The van der Waals surface area contributed by atoms with Gasteiger partial charge in [-0.25, -0.2) is 0 Å². The molecule has 2 aromatic carbocycles. The van der Waals surface area contributed by atoms with Crippen LogP contribution in [0.3, 0.4) is 0 Å². The van der Waals surface area contributed by atoms with Crippen LogP contribution in [0.15, 0.2) is 46.9 Å². The van der Waals surface area contributed by atoms with Crippen molar-refractivity contribution in [3.63, 3.8) is 0 Å². The second-order valence-corrected chi connectivity index (χ2v) is 6.15. The van der Waals surface area contributed by atoms with Crippen molar-refractivity contribution in [1.29, 1.82) is 0 Å². The Morgan fingerprint density at radius 3 is 2.52 bits per heavy atom. The highest BCUT2D eigenvalue weighted by atomic mass is 79.9. The number of halogens is 1. The molecule has 0 spiro atoms. The quantitative estimate of drug-likeness (QED) is 0.603. The summed E-state index contributed by atoms with van der Waals surface area (Å²) >= 11 is 3.43. The number of rotatable bonds is 5. The number of amides is 1. The van der Waals surface area contributed by atoms with Crippen LogP contribution < -0.4 is 15.4 Å². The van der Waals surface area contributed by atoms with Gasteiger partial charge >= 0.3 is 0 Å². The van der Waals surface area contributed by atoms with Gasteiger partial charge in [0.2, 0.25) is 0 Å². The Bertz CT molecular complexity index is 892. The van der Waals surface area contributed by atoms with Gasteiger partial charge < -0.3 is 15.4 Å². The van der Waals surface area contributed by atoms with E-state index >= 15 is 0 Å². The van der Waals surface area contributed by atoms with Gasteiger partial charge in [-0.3, -0.25) is 4.79 Å². The number of carbonyl (C=O) groups is 1. The van der Waals surface area contributed by atoms with Crippen LogP contribution in [0, 0.1) is 6.92 Å². The van der Waals surface area contributed by atoms with E-state index in [9.17, 15) is 4.79 Å². The van der Waals surface area contributed by atoms with Gasteiger partial charge in [-0.05, 0) is 55.0 Å². The van der Waals surface area contributed by atoms with Crippen LogP contribution in [0.25, 0.3) is 0 Å². The first kappa shape index (κ1) is 17.0. The highest BCUT2D eigenvalue weighted by Gasteiger charge is 2.17. The summed E-state index contributed by atoms with van der Waals surface area (Å²) in [5, 5.41) is 16.3. The zero-order valence-corrected chi connectivity index (χ0v) is 15.2. The van der Waals surface area contributed by atoms with Crippen LogP contribution in [0.1, 0.15) is 16.1 Å². The summed E-state index contributed by atoms with van der Waals surface area (Å²) in [7, 11) is 1.60. The summed E-state index contributed by atoms with van der Waals surface area (Å²) in [6.07, 6.45) is 0. The molecule has 128 valence electrons. The number of aromatic nitrogens is 3. The number of H-pyrrole nitrogens is 1. The standard InChI is InChI=1S/C17H16BrN5O2/c1-10-9-12(5-8-14(10)18)20-17(24)15-16(22-23-21-15)19-11-3-6-13(25-2)7-4-11/h3-9H,1-2H3,(H,20,24)(H2,19,21,22,23). The van der Waals surface area contributed by atoms with Gasteiger partial charge in [0, 0.05) is 15.8 Å². The summed E-state index contributed by atoms with van der Waals surface area (Å²) in [5.41, 5.74) is 2.65. The van der Waals surface area contributed by atoms with Gasteiger partial charge in [-0.15, -0.1) is 10.2 Å². The summed E-state index contributed by atoms with van der Waals surface area (Å²) < 4.78 is 6.10. The number of anilines is 3. The van der Waals surface area contributed by atoms with Crippen LogP contribution in [0.2, 0.25) is 0 Å². The third kappa shape index (κ3) is 3.97. The summed E-state index contributed by atoms with van der Waals surface area (Å²) in [5.74, 6) is 0.734. The molecule has 0 bridgehead atoms. The molecule has 8 heteroatoms. The lowest BCUT2D eigenvalue weighted by Crippen LogP contribution is -2.14. The monoisotopic (exact) mass is 401 g/mol. The lowest BCUT2D eigenvalue weighted by atomic mass is 10.2. The van der Waals surface area contributed by atoms with Crippen molar-refractivity contribution in [1.82, 2.24) is 15.4 Å². The average Bonchev–Trinajstić information content (AvgIpc) is 3.07. The molecule has 3 N–H and O–H groups in total. The Kier molecular flexibility index (Phi) is 4.99. The Morgan fingerprint density at radius 1 is 1.12 bits per heavy atom. The van der Waals surface area contributed by atoms with Gasteiger partial charge in [-0.1, -0.05) is 15.9 Å². The van der Waals surface area contributed by atoms with Gasteiger partial charge in [-0.2, -0.15) is 5.21 Å². The van der Waals surface area contributed by atoms with Crippen molar-refractivity contribution in [3.05, 3.63) is 58.2 Å². The van der Waals surface area contributed by atoms with Gasteiger partial charge in [0.25, 0.3) is 5.91 Å². The third-order valence-electron chi connectivity index (χ3n) is 3.53. The molecule has 0 aliphatic heterocycles. The molecule has 0 atom stereocenters. The number of nitrogens with one attached hydrogen (secondary N) is 3. The molecular formula is C17H16BrN5O2. The fourth-order valence-electron chi connectivity index (χ4n) is 2.20. The molecule has 0 saturated carbocycles. The second kappa shape index (κ2) is 7.35. The van der Waals surface area contributed by atoms with E-state index in [0.717, 1.165) is 21.5 Å². The molecule has 1 heterocycles. The normalized spacial score (nSPS) is 10.4. The van der Waals surface area contributed by atoms with Crippen molar-refractivity contribution in [3.8, 4) is 5.75 Å². The van der Waals surface area contributed by atoms with Crippen LogP contribution >= 0.6 is 15.9 Å². The van der Waals surface area contributed by atoms with E-state index in [1.54, 1.807) is 7.11 Å². The average molecular weight is 402 g/mol. The van der Waals surface area contributed by atoms with E-state index in [2.05, 4.69) is 42.0 Å². The molecule has 0 fully saturated rings. The fourth-order valence-corrected chi connectivity index (χ4v) is 2.45. The Hall–Kier alpha value is -2.87. The lowest BCUT2D eigenvalue weighted by Gasteiger charge is -2.08. The minimum Gasteiger partial charge on any atom is -0.497 e. The maximum absolute atomic E-state index is 12.5. The Labute approximate surface area is 152 Å². The number of nitrogens with zero attached hydrogens (tertiary/aromatic N) is 2. The molecule has 3 aromatic rings. The van der Waals surface area contributed by atoms with Crippen LogP contribution in [-0.4, -0.2) is 28.4 Å². The van der Waals surface area contributed by atoms with Gasteiger partial charge in [0.05, 0.1) is 7.11 Å². The summed E-state index contributed by atoms with van der Waals surface area (Å²) in [6.45, 7) is 1.95. The molecule has 3 rings (SSSR count). The van der Waals surface area contributed by atoms with E-state index in [1.807, 2.05) is 49.4 Å². The summed E-state index contributed by atoms with van der Waals surface area (Å²) in [4.78, 5) is 12.5. The number of hydrogen-bond donors (Lipinski definition) is 3. The highest BCUT2D eigenvalue weighted by molar-refractivity contribution is 9.10. The van der Waals surface area contributed by atoms with E-state index in [4.69, 9.17) is 4.74 Å². The number of aryl methyl sites for hydroxylation is 1. The maximum Gasteiger partial charge on any atom is 0.280 e. The first-order valence-electron chi connectivity index (χ1n) is 7.46. The van der Waals surface area contributed by atoms with Crippen molar-refractivity contribution in [2.24, 2.45) is 0 Å². The van der Waals surface area contributed by atoms with Gasteiger partial charge in [0.15, 0.2) is 11.5 Å². The maximum atomic E-state index is 12.5. The number of hydrogen-bond acceptors (Lipinski definition) is 5. The second-order valence-electron chi connectivity index (χ2n) is 5.29. The Balaban J connectivity index is 1.75. The molecule has 7 nitrogen and oxygen atoms in total. The number of benzene rings is 2. The largest absolute Gasteiger partial charge is 0.497 e. The first-order chi connectivity index (χ1) is 12.1. The van der Waals surface area contributed by atoms with E-state index in [-0.39, 0.29) is 11.6 Å². The minimum absolute atomic E-state index is 0.177. The van der Waals surface area contributed by atoms with Crippen LogP contribution in [-0.2, 0) is 0 Å². The molecule has 1 amide bonds. The molecule has 0 unspecified atom stereocenters. The highest BCUT2D eigenvalue weighted by Crippen LogP contribution is 2.23. The molecular weight excluding hydrogens is 386 g/mol. The molecule has 0 aliphatic rings. The topological polar surface area (TPSA) is 91.9 Å². The van der Waals surface area contributed by atoms with Gasteiger partial charge in [0.1, 0.15) is 5.75 Å². The predicted octanol–water partition coefficient (Wildman–Crippen LogP) is 3.88. The zero-order chi connectivity index (χ0) is 17.8. The van der Waals surface area contributed by atoms with Crippen molar-refractivity contribution in [2.45, 2.75) is 6.92 Å². The number of aromatic amines is 1. The Morgan fingerprint density at radius 2 is 1.84 bits per heavy atom. The van der Waals surface area contributed by atoms with Crippen LogP contribution in [0.4, 0.5) is 17.2 Å². The number of ether oxygens (including phenoxy) is 1. The summed E-state index contributed by atoms with van der Waals surface area (Å²) in [6, 6.07) is 12.8. The predicted molar refractivity (Wildman–Crippen MR) is 99.5 cm³/mol. The third-order valence-corrected chi connectivity index (χ3v) is 4.42. The van der Waals surface area contributed by atoms with E-state index < -0.39 is 0 Å². The van der Waals surface area contributed by atoms with Crippen molar-refractivity contribution >= 4 is 39.0 Å². The first-order valence-corrected chi connectivity index (χ1v) is 8.25. The lowest BCUT2D eigenvalue weighted by molar-refractivity contribution is 0.102. The van der Waals surface area contributed by atoms with Crippen molar-refractivity contribution in [2.75, 3.05) is 17.7 Å². The number of carbonyl (C=O) groups excluding carboxylic acids is 1. The molecule has 0 aliphatic carbocycles. The number of methoxy groups -OCH3 is 1. The molecule has 0 saturated heterocycles. The molecule has 0 radical (unpaired) electrons. The smallest absolute Gasteiger partial charge is 0.280 e. The van der Waals surface area contributed by atoms with Crippen molar-refractivity contribution < 1.29 is 9.53 Å². The fraction of sp³-hybridized carbons (Fsp3) is 0.118. The zero-order valence-electron chi connectivity index (χ0n) is 13.6. The molecule has 1 aromatic heterocycles.